The molecular formula is C29H33N3O3. The predicted octanol–water partition coefficient (Wildman–Crippen LogP) is 6.01. The predicted molar refractivity (Wildman–Crippen MR) is 139 cm³/mol. The highest BCUT2D eigenvalue weighted by atomic mass is 16.5. The van der Waals surface area contributed by atoms with Crippen molar-refractivity contribution in [3.05, 3.63) is 89.2 Å². The molecule has 4 rings (SSSR count). The molecule has 1 unspecified atom stereocenters. The molecule has 6 heteroatoms. The van der Waals surface area contributed by atoms with Crippen LogP contribution in [0.2, 0.25) is 0 Å². The fourth-order valence-electron chi connectivity index (χ4n) is 4.30. The first-order chi connectivity index (χ1) is 17.0. The zero-order chi connectivity index (χ0) is 24.8. The molecule has 1 atom stereocenters. The number of imidazole rings is 1. The maximum Gasteiger partial charge on any atom is 0.252 e. The van der Waals surface area contributed by atoms with E-state index in [0.717, 1.165) is 58.9 Å². The van der Waals surface area contributed by atoms with Gasteiger partial charge < -0.3 is 19.4 Å². The summed E-state index contributed by atoms with van der Waals surface area (Å²) < 4.78 is 13.3. The second kappa shape index (κ2) is 11.1. The van der Waals surface area contributed by atoms with E-state index in [1.54, 1.807) is 7.11 Å². The number of ether oxygens (including phenoxy) is 2. The minimum atomic E-state index is -0.230. The van der Waals surface area contributed by atoms with E-state index >= 15 is 0 Å². The molecule has 0 aliphatic carbocycles. The average Bonchev–Trinajstić information content (AvgIpc) is 3.23. The molecular weight excluding hydrogens is 438 g/mol. The second-order valence-electron chi connectivity index (χ2n) is 8.85. The molecule has 182 valence electrons. The first kappa shape index (κ1) is 24.3. The first-order valence-corrected chi connectivity index (χ1v) is 12.1. The van der Waals surface area contributed by atoms with Crippen LogP contribution in [0, 0.1) is 13.8 Å². The van der Waals surface area contributed by atoms with Crippen LogP contribution in [-0.4, -0.2) is 29.2 Å². The maximum absolute atomic E-state index is 13.0. The van der Waals surface area contributed by atoms with Crippen molar-refractivity contribution in [1.82, 2.24) is 14.9 Å². The summed E-state index contributed by atoms with van der Waals surface area (Å²) in [6, 6.07) is 21.4. The van der Waals surface area contributed by atoms with Gasteiger partial charge in [0.2, 0.25) is 0 Å². The van der Waals surface area contributed by atoms with Crippen molar-refractivity contribution in [2.45, 2.75) is 46.2 Å². The van der Waals surface area contributed by atoms with Crippen molar-refractivity contribution in [3.8, 4) is 11.5 Å². The van der Waals surface area contributed by atoms with Gasteiger partial charge in [0, 0.05) is 12.1 Å². The van der Waals surface area contributed by atoms with Gasteiger partial charge in [-0.2, -0.15) is 0 Å². The van der Waals surface area contributed by atoms with Crippen molar-refractivity contribution >= 4 is 16.9 Å². The second-order valence-corrected chi connectivity index (χ2v) is 8.85. The summed E-state index contributed by atoms with van der Waals surface area (Å²) in [6.45, 7) is 7.42. The van der Waals surface area contributed by atoms with Crippen LogP contribution < -0.4 is 14.8 Å². The Labute approximate surface area is 206 Å². The number of rotatable bonds is 10. The summed E-state index contributed by atoms with van der Waals surface area (Å²) in [5.74, 6) is 2.43. The van der Waals surface area contributed by atoms with Gasteiger partial charge in [-0.3, -0.25) is 4.79 Å². The summed E-state index contributed by atoms with van der Waals surface area (Å²) in [7, 11) is 1.65. The summed E-state index contributed by atoms with van der Waals surface area (Å²) in [4.78, 5) is 17.9. The first-order valence-electron chi connectivity index (χ1n) is 12.1. The van der Waals surface area contributed by atoms with Crippen LogP contribution in [0.1, 0.15) is 53.1 Å². The number of carbonyl (C=O) groups is 1. The topological polar surface area (TPSA) is 65.4 Å². The molecule has 0 saturated carbocycles. The van der Waals surface area contributed by atoms with Gasteiger partial charge in [0.05, 0.1) is 30.8 Å². The van der Waals surface area contributed by atoms with Crippen molar-refractivity contribution in [2.24, 2.45) is 0 Å². The third-order valence-electron chi connectivity index (χ3n) is 6.15. The van der Waals surface area contributed by atoms with Crippen LogP contribution in [-0.2, 0) is 6.54 Å². The van der Waals surface area contributed by atoms with E-state index in [-0.39, 0.29) is 11.9 Å². The number of nitrogens with one attached hydrogen (secondary N) is 1. The van der Waals surface area contributed by atoms with Gasteiger partial charge in [0.1, 0.15) is 17.3 Å². The normalized spacial score (nSPS) is 11.9. The van der Waals surface area contributed by atoms with Gasteiger partial charge >= 0.3 is 0 Å². The van der Waals surface area contributed by atoms with Crippen LogP contribution in [0.4, 0.5) is 0 Å². The molecule has 0 radical (unpaired) electrons. The Bertz CT molecular complexity index is 1290. The van der Waals surface area contributed by atoms with Crippen LogP contribution in [0.25, 0.3) is 11.0 Å². The Balaban J connectivity index is 1.42. The maximum atomic E-state index is 13.0. The zero-order valence-electron chi connectivity index (χ0n) is 20.9. The van der Waals surface area contributed by atoms with E-state index in [1.807, 2.05) is 81.4 Å². The molecule has 0 aliphatic heterocycles. The summed E-state index contributed by atoms with van der Waals surface area (Å²) >= 11 is 0. The van der Waals surface area contributed by atoms with Gasteiger partial charge in [-0.25, -0.2) is 4.98 Å². The summed E-state index contributed by atoms with van der Waals surface area (Å²) in [5.41, 5.74) is 4.82. The van der Waals surface area contributed by atoms with E-state index in [1.165, 1.54) is 0 Å². The highest BCUT2D eigenvalue weighted by molar-refractivity contribution is 5.96. The number of hydrogen-bond donors (Lipinski definition) is 1. The number of para-hydroxylation sites is 2. The minimum absolute atomic E-state index is 0.0819. The van der Waals surface area contributed by atoms with Gasteiger partial charge in [0.25, 0.3) is 5.91 Å². The van der Waals surface area contributed by atoms with E-state index in [4.69, 9.17) is 14.5 Å². The van der Waals surface area contributed by atoms with Gasteiger partial charge in [-0.15, -0.1) is 0 Å². The van der Waals surface area contributed by atoms with E-state index < -0.39 is 0 Å². The highest BCUT2D eigenvalue weighted by Gasteiger charge is 2.19. The fourth-order valence-corrected chi connectivity index (χ4v) is 4.30. The molecule has 1 heterocycles. The van der Waals surface area contributed by atoms with Crippen molar-refractivity contribution < 1.29 is 14.3 Å². The summed E-state index contributed by atoms with van der Waals surface area (Å²) in [6.07, 6.45) is 1.84. The molecule has 0 spiro atoms. The Kier molecular flexibility index (Phi) is 7.70. The molecule has 3 aromatic carbocycles. The molecule has 1 amide bonds. The molecule has 0 aliphatic rings. The Morgan fingerprint density at radius 2 is 1.74 bits per heavy atom. The quantitative estimate of drug-likeness (QED) is 0.288. The molecule has 1 aromatic heterocycles. The van der Waals surface area contributed by atoms with Crippen LogP contribution in [0.15, 0.2) is 66.7 Å². The largest absolute Gasteiger partial charge is 0.497 e. The number of nitrogens with zero attached hydrogens (tertiary/aromatic N) is 2. The monoisotopic (exact) mass is 471 g/mol. The van der Waals surface area contributed by atoms with Crippen LogP contribution >= 0.6 is 0 Å². The van der Waals surface area contributed by atoms with Crippen molar-refractivity contribution in [1.29, 1.82) is 0 Å². The number of aromatic nitrogens is 2. The molecule has 35 heavy (non-hydrogen) atoms. The number of amides is 1. The number of carbonyl (C=O) groups excluding carboxylic acids is 1. The number of hydrogen-bond acceptors (Lipinski definition) is 4. The molecule has 6 nitrogen and oxygen atoms in total. The minimum Gasteiger partial charge on any atom is -0.497 e. The van der Waals surface area contributed by atoms with E-state index in [0.29, 0.717) is 12.2 Å². The molecule has 1 N–H and O–H groups in total. The van der Waals surface area contributed by atoms with Crippen molar-refractivity contribution in [2.75, 3.05) is 13.7 Å². The van der Waals surface area contributed by atoms with Crippen LogP contribution in [0.5, 0.6) is 11.5 Å². The molecule has 0 saturated heterocycles. The fraction of sp³-hybridized carbons (Fsp3) is 0.310. The van der Waals surface area contributed by atoms with Crippen LogP contribution in [0.3, 0.4) is 0 Å². The standard InChI is InChI=1S/C29H33N3O3/c1-20-11-16-25(21(2)19-20)29(33)30-22(3)28-31-26-9-5-6-10-27(26)32(28)17-7-8-18-35-24-14-12-23(34-4)13-15-24/h5-6,9-16,19,22H,7-8,17-18H2,1-4H3,(H,30,33). The Hall–Kier alpha value is -3.80. The van der Waals surface area contributed by atoms with E-state index in [2.05, 4.69) is 16.0 Å². The lowest BCUT2D eigenvalue weighted by atomic mass is 10.0. The molecule has 4 aromatic rings. The zero-order valence-corrected chi connectivity index (χ0v) is 20.9. The number of unbranched alkanes of at least 4 members (excludes halogenated alkanes) is 1. The summed E-state index contributed by atoms with van der Waals surface area (Å²) in [5, 5.41) is 3.15. The lowest BCUT2D eigenvalue weighted by Gasteiger charge is -2.17. The third-order valence-corrected chi connectivity index (χ3v) is 6.15. The van der Waals surface area contributed by atoms with Gasteiger partial charge in [0.15, 0.2) is 0 Å². The highest BCUT2D eigenvalue weighted by Crippen LogP contribution is 2.23. The molecule has 0 fully saturated rings. The number of fused-ring (bicyclic) bond motifs is 1. The van der Waals surface area contributed by atoms with Gasteiger partial charge in [-0.1, -0.05) is 29.8 Å². The third kappa shape index (κ3) is 5.83. The Morgan fingerprint density at radius 3 is 2.49 bits per heavy atom. The lowest BCUT2D eigenvalue weighted by Crippen LogP contribution is -2.29. The number of aryl methyl sites for hydroxylation is 3. The number of methoxy groups -OCH3 is 1. The Morgan fingerprint density at radius 1 is 1.00 bits per heavy atom. The molecule has 0 bridgehead atoms. The SMILES string of the molecule is COc1ccc(OCCCCn2c(C(C)NC(=O)c3ccc(C)cc3C)nc3ccccc32)cc1. The number of benzene rings is 3. The van der Waals surface area contributed by atoms with Crippen molar-refractivity contribution in [3.63, 3.8) is 0 Å². The smallest absolute Gasteiger partial charge is 0.252 e. The van der Waals surface area contributed by atoms with E-state index in [9.17, 15) is 4.79 Å². The lowest BCUT2D eigenvalue weighted by molar-refractivity contribution is 0.0937. The average molecular weight is 472 g/mol. The van der Waals surface area contributed by atoms with Gasteiger partial charge in [-0.05, 0) is 81.6 Å².